The molecular weight excluding hydrogens is 308 g/mol. The van der Waals surface area contributed by atoms with Crippen molar-refractivity contribution in [3.8, 4) is 5.88 Å². The summed E-state index contributed by atoms with van der Waals surface area (Å²) in [6, 6.07) is 7.96. The topological polar surface area (TPSA) is 50.3 Å². The molecule has 0 aliphatic heterocycles. The molecule has 0 saturated carbocycles. The fourth-order valence-electron chi connectivity index (χ4n) is 1.64. The third-order valence-electron chi connectivity index (χ3n) is 2.54. The van der Waals surface area contributed by atoms with E-state index in [0.29, 0.717) is 11.8 Å². The maximum Gasteiger partial charge on any atom is 0.232 e. The van der Waals surface area contributed by atoms with E-state index in [9.17, 15) is 0 Å². The van der Waals surface area contributed by atoms with Crippen molar-refractivity contribution in [2.24, 2.45) is 0 Å². The van der Waals surface area contributed by atoms with Crippen molar-refractivity contribution in [3.05, 3.63) is 34.9 Å². The number of para-hydroxylation sites is 2. The molecule has 0 spiro atoms. The Bertz CT molecular complexity index is 574. The minimum absolute atomic E-state index is 0.495. The highest BCUT2D eigenvalue weighted by molar-refractivity contribution is 9.10. The lowest BCUT2D eigenvalue weighted by atomic mass is 10.2. The average molecular weight is 323 g/mol. The van der Waals surface area contributed by atoms with Gasteiger partial charge in [-0.25, -0.2) is 4.98 Å². The fraction of sp³-hybridized carbons (Fsp3) is 0.231. The summed E-state index contributed by atoms with van der Waals surface area (Å²) in [5.74, 6) is 0.995. The van der Waals surface area contributed by atoms with Gasteiger partial charge in [-0.2, -0.15) is 4.98 Å². The van der Waals surface area contributed by atoms with E-state index >= 15 is 0 Å². The third-order valence-corrected chi connectivity index (χ3v) is 3.08. The van der Waals surface area contributed by atoms with Gasteiger partial charge in [0.2, 0.25) is 11.8 Å². The Morgan fingerprint density at radius 2 is 2.00 bits per heavy atom. The van der Waals surface area contributed by atoms with Crippen molar-refractivity contribution >= 4 is 33.3 Å². The number of hydrogen-bond donors (Lipinski definition) is 1. The first-order valence-corrected chi connectivity index (χ1v) is 6.51. The zero-order chi connectivity index (χ0) is 13.8. The lowest BCUT2D eigenvalue weighted by Gasteiger charge is -2.17. The van der Waals surface area contributed by atoms with Crippen LogP contribution in [0.2, 0.25) is 0 Å². The number of ether oxygens (including phenoxy) is 1. The summed E-state index contributed by atoms with van der Waals surface area (Å²) in [6.45, 7) is 0. The molecule has 2 rings (SSSR count). The van der Waals surface area contributed by atoms with Crippen LogP contribution in [0.15, 0.2) is 34.9 Å². The molecular formula is C13H15BrN4O. The van der Waals surface area contributed by atoms with Crippen molar-refractivity contribution in [2.75, 3.05) is 31.4 Å². The number of nitrogens with one attached hydrogen (secondary N) is 1. The number of hydrogen-bond acceptors (Lipinski definition) is 5. The summed E-state index contributed by atoms with van der Waals surface area (Å²) in [4.78, 5) is 10.5. The molecule has 0 saturated heterocycles. The predicted octanol–water partition coefficient (Wildman–Crippen LogP) is 3.06. The summed E-state index contributed by atoms with van der Waals surface area (Å²) in [6.07, 6.45) is 1.66. The number of benzene rings is 1. The molecule has 0 bridgehead atoms. The van der Waals surface area contributed by atoms with E-state index in [1.54, 1.807) is 13.3 Å². The van der Waals surface area contributed by atoms with Gasteiger partial charge in [0.25, 0.3) is 0 Å². The van der Waals surface area contributed by atoms with Gasteiger partial charge >= 0.3 is 0 Å². The molecule has 100 valence electrons. The molecule has 0 aliphatic rings. The van der Waals surface area contributed by atoms with Crippen LogP contribution in [0, 0.1) is 0 Å². The Hall–Kier alpha value is -1.82. The molecule has 1 N–H and O–H groups in total. The Kier molecular flexibility index (Phi) is 4.21. The maximum atomic E-state index is 5.15. The highest BCUT2D eigenvalue weighted by atomic mass is 79.9. The summed E-state index contributed by atoms with van der Waals surface area (Å²) in [7, 11) is 5.55. The standard InChI is InChI=1S/C13H15BrN4O/c1-18(2)11-7-5-4-6-10(11)16-13-15-8-9(14)12(17-13)19-3/h4-8H,1-3H3,(H,15,16,17). The van der Waals surface area contributed by atoms with E-state index in [-0.39, 0.29) is 0 Å². The molecule has 0 aliphatic carbocycles. The second-order valence-electron chi connectivity index (χ2n) is 4.09. The highest BCUT2D eigenvalue weighted by Crippen LogP contribution is 2.28. The first kappa shape index (κ1) is 13.6. The van der Waals surface area contributed by atoms with Crippen LogP contribution < -0.4 is 15.0 Å². The van der Waals surface area contributed by atoms with Crippen LogP contribution in [0.4, 0.5) is 17.3 Å². The molecule has 2 aromatic rings. The van der Waals surface area contributed by atoms with Crippen LogP contribution in [0.25, 0.3) is 0 Å². The van der Waals surface area contributed by atoms with E-state index < -0.39 is 0 Å². The highest BCUT2D eigenvalue weighted by Gasteiger charge is 2.08. The fourth-order valence-corrected chi connectivity index (χ4v) is 2.00. The summed E-state index contributed by atoms with van der Waals surface area (Å²) in [5, 5.41) is 3.19. The van der Waals surface area contributed by atoms with Crippen molar-refractivity contribution in [2.45, 2.75) is 0 Å². The van der Waals surface area contributed by atoms with E-state index in [1.807, 2.05) is 43.3 Å². The second-order valence-corrected chi connectivity index (χ2v) is 4.94. The zero-order valence-corrected chi connectivity index (χ0v) is 12.6. The quantitative estimate of drug-likeness (QED) is 0.937. The second kappa shape index (κ2) is 5.88. The Balaban J connectivity index is 2.31. The smallest absolute Gasteiger partial charge is 0.232 e. The normalized spacial score (nSPS) is 10.1. The van der Waals surface area contributed by atoms with Crippen LogP contribution in [-0.4, -0.2) is 31.2 Å². The van der Waals surface area contributed by atoms with Crippen LogP contribution >= 0.6 is 15.9 Å². The van der Waals surface area contributed by atoms with E-state index in [1.165, 1.54) is 0 Å². The molecule has 1 heterocycles. The van der Waals surface area contributed by atoms with Gasteiger partial charge < -0.3 is 15.0 Å². The first-order valence-electron chi connectivity index (χ1n) is 5.71. The molecule has 5 nitrogen and oxygen atoms in total. The largest absolute Gasteiger partial charge is 0.480 e. The minimum Gasteiger partial charge on any atom is -0.480 e. The molecule has 0 fully saturated rings. The molecule has 0 atom stereocenters. The number of anilines is 3. The van der Waals surface area contributed by atoms with Gasteiger partial charge in [-0.3, -0.25) is 0 Å². The van der Waals surface area contributed by atoms with Gasteiger partial charge in [0.05, 0.1) is 29.2 Å². The maximum absolute atomic E-state index is 5.15. The van der Waals surface area contributed by atoms with E-state index in [2.05, 4.69) is 31.2 Å². The van der Waals surface area contributed by atoms with Crippen LogP contribution in [-0.2, 0) is 0 Å². The van der Waals surface area contributed by atoms with Crippen LogP contribution in [0.5, 0.6) is 5.88 Å². The van der Waals surface area contributed by atoms with Gasteiger partial charge in [-0.15, -0.1) is 0 Å². The Morgan fingerprint density at radius 1 is 1.26 bits per heavy atom. The number of nitrogens with zero attached hydrogens (tertiary/aromatic N) is 3. The predicted molar refractivity (Wildman–Crippen MR) is 80.3 cm³/mol. The van der Waals surface area contributed by atoms with Crippen molar-refractivity contribution in [3.63, 3.8) is 0 Å². The lowest BCUT2D eigenvalue weighted by molar-refractivity contribution is 0.394. The molecule has 0 amide bonds. The van der Waals surface area contributed by atoms with E-state index in [4.69, 9.17) is 4.74 Å². The number of methoxy groups -OCH3 is 1. The molecule has 1 aromatic heterocycles. The van der Waals surface area contributed by atoms with Gasteiger partial charge in [0, 0.05) is 14.1 Å². The molecule has 6 heteroatoms. The molecule has 19 heavy (non-hydrogen) atoms. The number of aromatic nitrogens is 2. The third kappa shape index (κ3) is 3.14. The van der Waals surface area contributed by atoms with Gasteiger partial charge in [-0.05, 0) is 28.1 Å². The first-order chi connectivity index (χ1) is 9.11. The van der Waals surface area contributed by atoms with Gasteiger partial charge in [0.1, 0.15) is 0 Å². The SMILES string of the molecule is COc1nc(Nc2ccccc2N(C)C)ncc1Br. The van der Waals surface area contributed by atoms with Crippen molar-refractivity contribution in [1.82, 2.24) is 9.97 Å². The van der Waals surface area contributed by atoms with Gasteiger partial charge in [0.15, 0.2) is 0 Å². The number of halogens is 1. The van der Waals surface area contributed by atoms with Crippen LogP contribution in [0.1, 0.15) is 0 Å². The average Bonchev–Trinajstić information content (AvgIpc) is 2.41. The Labute approximate surface area is 120 Å². The lowest BCUT2D eigenvalue weighted by Crippen LogP contribution is -2.11. The van der Waals surface area contributed by atoms with Crippen LogP contribution in [0.3, 0.4) is 0 Å². The Morgan fingerprint density at radius 3 is 2.68 bits per heavy atom. The summed E-state index contributed by atoms with van der Waals surface area (Å²) >= 11 is 3.33. The van der Waals surface area contributed by atoms with Gasteiger partial charge in [-0.1, -0.05) is 12.1 Å². The van der Waals surface area contributed by atoms with E-state index in [0.717, 1.165) is 15.8 Å². The molecule has 0 unspecified atom stereocenters. The minimum atomic E-state index is 0.495. The zero-order valence-electron chi connectivity index (χ0n) is 11.0. The molecule has 1 aromatic carbocycles. The monoisotopic (exact) mass is 322 g/mol. The number of rotatable bonds is 4. The van der Waals surface area contributed by atoms with Crippen molar-refractivity contribution in [1.29, 1.82) is 0 Å². The summed E-state index contributed by atoms with van der Waals surface area (Å²) < 4.78 is 5.88. The molecule has 0 radical (unpaired) electrons. The van der Waals surface area contributed by atoms with Crippen molar-refractivity contribution < 1.29 is 4.74 Å². The summed E-state index contributed by atoms with van der Waals surface area (Å²) in [5.41, 5.74) is 2.00.